The van der Waals surface area contributed by atoms with Crippen molar-refractivity contribution in [2.24, 2.45) is 0 Å². The Morgan fingerprint density at radius 1 is 1.09 bits per heavy atom. The third-order valence-corrected chi connectivity index (χ3v) is 5.82. The lowest BCUT2D eigenvalue weighted by atomic mass is 9.96. The molecule has 0 fully saturated rings. The van der Waals surface area contributed by atoms with Gasteiger partial charge < -0.3 is 0 Å². The minimum atomic E-state index is 0.973. The third kappa shape index (κ3) is 1.44. The zero-order valence-corrected chi connectivity index (χ0v) is 13.4. The monoisotopic (exact) mass is 303 g/mol. The van der Waals surface area contributed by atoms with Crippen LogP contribution in [0.15, 0.2) is 42.7 Å². The summed E-state index contributed by atoms with van der Waals surface area (Å²) in [5.41, 5.74) is 8.15. The maximum Gasteiger partial charge on any atom is 0.234 e. The summed E-state index contributed by atoms with van der Waals surface area (Å²) < 4.78 is 3.73. The van der Waals surface area contributed by atoms with Gasteiger partial charge in [-0.2, -0.15) is 4.57 Å². The van der Waals surface area contributed by atoms with Crippen LogP contribution in [-0.2, 0) is 6.54 Å². The van der Waals surface area contributed by atoms with Gasteiger partial charge in [0.15, 0.2) is 12.7 Å². The summed E-state index contributed by atoms with van der Waals surface area (Å²) in [6, 6.07) is 11.0. The summed E-state index contributed by atoms with van der Waals surface area (Å²) in [6.45, 7) is 5.37. The van der Waals surface area contributed by atoms with E-state index in [2.05, 4.69) is 59.9 Å². The van der Waals surface area contributed by atoms with Crippen LogP contribution < -0.4 is 4.57 Å². The quantitative estimate of drug-likeness (QED) is 0.420. The number of pyridine rings is 2. The molecule has 0 saturated carbocycles. The Balaban J connectivity index is 1.97. The molecule has 0 N–H and O–H groups in total. The minimum absolute atomic E-state index is 0.973. The van der Waals surface area contributed by atoms with Crippen LogP contribution in [0.5, 0.6) is 0 Å². The Morgan fingerprint density at radius 2 is 1.91 bits per heavy atom. The first-order chi connectivity index (χ1) is 10.7. The molecule has 0 bridgehead atoms. The first kappa shape index (κ1) is 12.3. The average molecular weight is 303 g/mol. The molecule has 1 aromatic carbocycles. The van der Waals surface area contributed by atoms with Gasteiger partial charge in [0.1, 0.15) is 9.53 Å². The number of benzene rings is 1. The van der Waals surface area contributed by atoms with E-state index in [1.54, 1.807) is 0 Å². The molecule has 0 saturated heterocycles. The second-order valence-corrected chi connectivity index (χ2v) is 7.05. The molecule has 0 unspecified atom stereocenters. The Morgan fingerprint density at radius 3 is 2.73 bits per heavy atom. The number of nitrogens with zero attached hydrogens (tertiary/aromatic N) is 2. The van der Waals surface area contributed by atoms with Crippen LogP contribution in [0.2, 0.25) is 0 Å². The Labute approximate surface area is 132 Å². The van der Waals surface area contributed by atoms with Crippen molar-refractivity contribution in [2.75, 3.05) is 0 Å². The smallest absolute Gasteiger partial charge is 0.234 e. The van der Waals surface area contributed by atoms with Crippen molar-refractivity contribution in [1.82, 2.24) is 4.98 Å². The molecule has 2 nitrogen and oxygen atoms in total. The molecule has 5 rings (SSSR count). The Kier molecular flexibility index (Phi) is 2.32. The molecule has 106 valence electrons. The molecule has 1 aliphatic heterocycles. The van der Waals surface area contributed by atoms with Gasteiger partial charge in [-0.05, 0) is 36.6 Å². The van der Waals surface area contributed by atoms with Crippen LogP contribution in [0.3, 0.4) is 0 Å². The lowest BCUT2D eigenvalue weighted by Gasteiger charge is -2.10. The van der Waals surface area contributed by atoms with Crippen molar-refractivity contribution in [3.05, 3.63) is 59.4 Å². The highest BCUT2D eigenvalue weighted by atomic mass is 32.1. The minimum Gasteiger partial charge on any atom is -0.245 e. The van der Waals surface area contributed by atoms with Crippen molar-refractivity contribution in [3.63, 3.8) is 0 Å². The highest BCUT2D eigenvalue weighted by Gasteiger charge is 2.29. The van der Waals surface area contributed by atoms with Gasteiger partial charge in [0, 0.05) is 23.4 Å². The lowest BCUT2D eigenvalue weighted by Crippen LogP contribution is -2.30. The summed E-state index contributed by atoms with van der Waals surface area (Å²) in [4.78, 5) is 5.76. The molecule has 1 aliphatic rings. The van der Waals surface area contributed by atoms with Gasteiger partial charge in [0.2, 0.25) is 5.52 Å². The fourth-order valence-corrected chi connectivity index (χ4v) is 4.96. The summed E-state index contributed by atoms with van der Waals surface area (Å²) in [7, 11) is 0. The van der Waals surface area contributed by atoms with Crippen LogP contribution in [0.25, 0.3) is 31.6 Å². The highest BCUT2D eigenvalue weighted by Crippen LogP contribution is 2.42. The Hall–Kier alpha value is -2.26. The van der Waals surface area contributed by atoms with Gasteiger partial charge in [-0.15, -0.1) is 11.3 Å². The molecule has 4 aromatic rings. The van der Waals surface area contributed by atoms with Gasteiger partial charge >= 0.3 is 0 Å². The number of thiophene rings is 1. The number of hydrogen-bond donors (Lipinski definition) is 0. The highest BCUT2D eigenvalue weighted by molar-refractivity contribution is 7.25. The molecule has 0 radical (unpaired) electrons. The van der Waals surface area contributed by atoms with Crippen LogP contribution in [0.1, 0.15) is 16.7 Å². The fraction of sp³-hybridized carbons (Fsp3) is 0.158. The van der Waals surface area contributed by atoms with Crippen molar-refractivity contribution in [1.29, 1.82) is 0 Å². The summed E-state index contributed by atoms with van der Waals surface area (Å²) >= 11 is 1.82. The van der Waals surface area contributed by atoms with E-state index in [1.807, 2.05) is 17.5 Å². The van der Waals surface area contributed by atoms with Gasteiger partial charge in [-0.3, -0.25) is 0 Å². The lowest BCUT2D eigenvalue weighted by molar-refractivity contribution is -0.657. The third-order valence-electron chi connectivity index (χ3n) is 4.70. The summed E-state index contributed by atoms with van der Waals surface area (Å²) in [5, 5.41) is 1.36. The fourth-order valence-electron chi connectivity index (χ4n) is 3.72. The van der Waals surface area contributed by atoms with Crippen molar-refractivity contribution in [3.8, 4) is 11.1 Å². The van der Waals surface area contributed by atoms with E-state index >= 15 is 0 Å². The molecular weight excluding hydrogens is 288 g/mol. The molecule has 0 atom stereocenters. The molecule has 0 aliphatic carbocycles. The van der Waals surface area contributed by atoms with E-state index in [0.29, 0.717) is 0 Å². The van der Waals surface area contributed by atoms with Gasteiger partial charge in [-0.1, -0.05) is 18.2 Å². The predicted molar refractivity (Wildman–Crippen MR) is 91.3 cm³/mol. The molecule has 22 heavy (non-hydrogen) atoms. The first-order valence-electron chi connectivity index (χ1n) is 7.53. The van der Waals surface area contributed by atoms with Gasteiger partial charge in [0.25, 0.3) is 0 Å². The van der Waals surface area contributed by atoms with Crippen molar-refractivity contribution in [2.45, 2.75) is 20.4 Å². The zero-order valence-electron chi connectivity index (χ0n) is 12.6. The van der Waals surface area contributed by atoms with Crippen molar-refractivity contribution >= 4 is 31.8 Å². The van der Waals surface area contributed by atoms with E-state index in [1.165, 1.54) is 43.4 Å². The topological polar surface area (TPSA) is 16.8 Å². The maximum atomic E-state index is 4.60. The standard InChI is InChI=1S/C19H15N2S/c1-11-4-3-5-12(2)15(11)14-7-9-21-10-13-6-8-20-19-16(13)17(21)18(14)22-19/h3-9H,10H2,1-2H3/q+1. The van der Waals surface area contributed by atoms with E-state index in [4.69, 9.17) is 0 Å². The number of aryl methyl sites for hydroxylation is 2. The van der Waals surface area contributed by atoms with Crippen LogP contribution in [0, 0.1) is 13.8 Å². The van der Waals surface area contributed by atoms with Crippen LogP contribution in [-0.4, -0.2) is 4.98 Å². The Bertz CT molecular complexity index is 1060. The molecule has 0 amide bonds. The van der Waals surface area contributed by atoms with E-state index in [0.717, 1.165) is 11.4 Å². The summed E-state index contributed by atoms with van der Waals surface area (Å²) in [5.74, 6) is 0. The van der Waals surface area contributed by atoms with E-state index < -0.39 is 0 Å². The molecular formula is C19H15N2S+. The second kappa shape index (κ2) is 4.14. The molecule has 3 aromatic heterocycles. The first-order valence-corrected chi connectivity index (χ1v) is 8.35. The molecule has 4 heterocycles. The van der Waals surface area contributed by atoms with Gasteiger partial charge in [-0.25, -0.2) is 4.98 Å². The maximum absolute atomic E-state index is 4.60. The van der Waals surface area contributed by atoms with Crippen molar-refractivity contribution < 1.29 is 4.57 Å². The summed E-state index contributed by atoms with van der Waals surface area (Å²) in [6.07, 6.45) is 4.17. The number of hydrogen-bond acceptors (Lipinski definition) is 2. The van der Waals surface area contributed by atoms with Crippen LogP contribution >= 0.6 is 11.3 Å². The van der Waals surface area contributed by atoms with E-state index in [9.17, 15) is 0 Å². The predicted octanol–water partition coefficient (Wildman–Crippen LogP) is 4.38. The SMILES string of the molecule is Cc1cccc(C)c1-c1cc[n+]2c3c1sc1nccc(c13)C2. The largest absolute Gasteiger partial charge is 0.245 e. The normalized spacial score (nSPS) is 12.8. The second-order valence-electron chi connectivity index (χ2n) is 6.05. The van der Waals surface area contributed by atoms with Crippen LogP contribution in [0.4, 0.5) is 0 Å². The van der Waals surface area contributed by atoms with Gasteiger partial charge in [0.05, 0.1) is 5.39 Å². The number of aromatic nitrogens is 2. The average Bonchev–Trinajstić information content (AvgIpc) is 3.07. The molecule has 0 spiro atoms. The molecule has 3 heteroatoms. The number of rotatable bonds is 1. The zero-order chi connectivity index (χ0) is 14.8. The van der Waals surface area contributed by atoms with E-state index in [-0.39, 0.29) is 0 Å².